The molecule has 6 nitrogen and oxygen atoms in total. The third-order valence-corrected chi connectivity index (χ3v) is 6.92. The van der Waals surface area contributed by atoms with Crippen LogP contribution < -0.4 is 4.74 Å². The van der Waals surface area contributed by atoms with Gasteiger partial charge in [-0.05, 0) is 60.7 Å². The molecule has 2 saturated heterocycles. The van der Waals surface area contributed by atoms with Gasteiger partial charge >= 0.3 is 0 Å². The summed E-state index contributed by atoms with van der Waals surface area (Å²) < 4.78 is 8.04. The topological polar surface area (TPSA) is 50.6 Å². The van der Waals surface area contributed by atoms with Crippen LogP contribution in [0.4, 0.5) is 0 Å². The number of amides is 1. The number of carbonyl (C=O) groups is 1. The molecule has 0 saturated carbocycles. The molecule has 0 N–H and O–H groups in total. The fourth-order valence-corrected chi connectivity index (χ4v) is 5.31. The van der Waals surface area contributed by atoms with Crippen molar-refractivity contribution in [3.63, 3.8) is 0 Å². The quantitative estimate of drug-likeness (QED) is 0.620. The Balaban J connectivity index is 1.14. The number of nitrogens with zero attached hydrogens (tertiary/aromatic N) is 4. The van der Waals surface area contributed by atoms with Gasteiger partial charge < -0.3 is 9.64 Å². The van der Waals surface area contributed by atoms with Crippen LogP contribution in [0.1, 0.15) is 34.3 Å². The van der Waals surface area contributed by atoms with Gasteiger partial charge in [0.1, 0.15) is 12.4 Å². The number of aromatic nitrogens is 2. The van der Waals surface area contributed by atoms with Gasteiger partial charge in [0.15, 0.2) is 0 Å². The highest BCUT2D eigenvalue weighted by atomic mass is 16.5. The molecule has 2 bridgehead atoms. The molecule has 1 amide bonds. The first-order valence-electron chi connectivity index (χ1n) is 11.1. The van der Waals surface area contributed by atoms with E-state index in [9.17, 15) is 4.79 Å². The van der Waals surface area contributed by atoms with Crippen molar-refractivity contribution >= 4 is 5.91 Å². The van der Waals surface area contributed by atoms with Gasteiger partial charge in [0, 0.05) is 38.1 Å². The highest BCUT2D eigenvalue weighted by Crippen LogP contribution is 2.35. The number of carbonyl (C=O) groups excluding carboxylic acids is 1. The number of benzene rings is 2. The molecular formula is C25H26N4O2. The van der Waals surface area contributed by atoms with Gasteiger partial charge in [0.05, 0.1) is 11.3 Å². The van der Waals surface area contributed by atoms with E-state index in [0.717, 1.165) is 34.0 Å². The van der Waals surface area contributed by atoms with Crippen LogP contribution in [0.25, 0.3) is 5.69 Å². The molecule has 0 spiro atoms. The zero-order valence-corrected chi connectivity index (χ0v) is 17.5. The zero-order chi connectivity index (χ0) is 20.8. The maximum atomic E-state index is 13.2. The average molecular weight is 415 g/mol. The van der Waals surface area contributed by atoms with Crippen molar-refractivity contribution in [3.05, 3.63) is 77.6 Å². The Morgan fingerprint density at radius 2 is 2.00 bits per heavy atom. The number of hydrogen-bond donors (Lipinski definition) is 0. The van der Waals surface area contributed by atoms with Crippen molar-refractivity contribution in [2.24, 2.45) is 5.92 Å². The van der Waals surface area contributed by atoms with E-state index in [-0.39, 0.29) is 5.91 Å². The number of piperidine rings is 1. The van der Waals surface area contributed by atoms with Crippen LogP contribution in [0.3, 0.4) is 0 Å². The first-order chi connectivity index (χ1) is 15.2. The summed E-state index contributed by atoms with van der Waals surface area (Å²) >= 11 is 0. The molecule has 3 aromatic rings. The molecule has 158 valence electrons. The number of rotatable bonds is 6. The summed E-state index contributed by atoms with van der Waals surface area (Å²) in [7, 11) is 0. The highest BCUT2D eigenvalue weighted by molar-refractivity contribution is 6.01. The van der Waals surface area contributed by atoms with Gasteiger partial charge in [0.25, 0.3) is 5.91 Å². The maximum Gasteiger partial charge on any atom is 0.258 e. The first-order valence-corrected chi connectivity index (χ1v) is 11.1. The predicted molar refractivity (Wildman–Crippen MR) is 117 cm³/mol. The summed E-state index contributed by atoms with van der Waals surface area (Å²) in [5, 5.41) is 4.26. The third kappa shape index (κ3) is 3.41. The standard InChI is InChI=1S/C25H26N4O2/c30-25-24-20(3-1-4-23(24)31-17-22-13-19-9-12-27(22)15-19)16-28(25)14-18-5-7-21(8-6-18)29-11-2-10-26-29/h1-8,10-11,19,22H,9,12-17H2. The largest absolute Gasteiger partial charge is 0.491 e. The number of ether oxygens (including phenoxy) is 1. The Labute approximate surface area is 182 Å². The Hall–Kier alpha value is -3.12. The molecule has 2 fully saturated rings. The fraction of sp³-hybridized carbons (Fsp3) is 0.360. The monoisotopic (exact) mass is 414 g/mol. The summed E-state index contributed by atoms with van der Waals surface area (Å²) in [6, 6.07) is 16.6. The Morgan fingerprint density at radius 1 is 1.10 bits per heavy atom. The van der Waals surface area contributed by atoms with Gasteiger partial charge in [-0.25, -0.2) is 4.68 Å². The summed E-state index contributed by atoms with van der Waals surface area (Å²) in [6.07, 6.45) is 6.24. The van der Waals surface area contributed by atoms with Crippen LogP contribution in [-0.2, 0) is 13.1 Å². The van der Waals surface area contributed by atoms with E-state index in [4.69, 9.17) is 4.74 Å². The summed E-state index contributed by atoms with van der Waals surface area (Å²) in [6.45, 7) is 4.30. The van der Waals surface area contributed by atoms with E-state index >= 15 is 0 Å². The Bertz CT molecular complexity index is 1090. The lowest BCUT2D eigenvalue weighted by Crippen LogP contribution is -2.34. The number of hydrogen-bond acceptors (Lipinski definition) is 4. The smallest absolute Gasteiger partial charge is 0.258 e. The second-order valence-electron chi connectivity index (χ2n) is 8.92. The van der Waals surface area contributed by atoms with Gasteiger partial charge in [-0.15, -0.1) is 0 Å². The van der Waals surface area contributed by atoms with Crippen LogP contribution in [0.15, 0.2) is 60.9 Å². The molecule has 3 aliphatic heterocycles. The molecule has 3 aliphatic rings. The van der Waals surface area contributed by atoms with Crippen LogP contribution in [-0.4, -0.2) is 51.2 Å². The second-order valence-corrected chi connectivity index (χ2v) is 8.92. The zero-order valence-electron chi connectivity index (χ0n) is 17.5. The van der Waals surface area contributed by atoms with E-state index < -0.39 is 0 Å². The molecule has 6 heteroatoms. The second kappa shape index (κ2) is 7.54. The molecule has 3 atom stereocenters. The minimum absolute atomic E-state index is 0.0648. The van der Waals surface area contributed by atoms with E-state index in [1.807, 2.05) is 52.2 Å². The van der Waals surface area contributed by atoms with Gasteiger partial charge in [-0.3, -0.25) is 9.69 Å². The van der Waals surface area contributed by atoms with Crippen molar-refractivity contribution in [3.8, 4) is 11.4 Å². The average Bonchev–Trinajstić information content (AvgIpc) is 3.59. The highest BCUT2D eigenvalue weighted by Gasteiger charge is 2.38. The molecule has 0 aliphatic carbocycles. The molecule has 6 rings (SSSR count). The lowest BCUT2D eigenvalue weighted by Gasteiger charge is -2.25. The van der Waals surface area contributed by atoms with E-state index in [2.05, 4.69) is 22.1 Å². The molecule has 4 heterocycles. The van der Waals surface area contributed by atoms with Gasteiger partial charge in [-0.2, -0.15) is 5.10 Å². The molecule has 1 aromatic heterocycles. The lowest BCUT2D eigenvalue weighted by molar-refractivity contribution is 0.0762. The SMILES string of the molecule is O=C1c2c(cccc2OCC2CC3CCN2C3)CN1Cc1ccc(-n2cccn2)cc1. The van der Waals surface area contributed by atoms with Crippen LogP contribution >= 0.6 is 0 Å². The van der Waals surface area contributed by atoms with Crippen LogP contribution in [0.5, 0.6) is 5.75 Å². The molecule has 3 unspecified atom stereocenters. The minimum atomic E-state index is 0.0648. The lowest BCUT2D eigenvalue weighted by atomic mass is 10.0. The normalized spacial score (nSPS) is 24.1. The van der Waals surface area contributed by atoms with Crippen molar-refractivity contribution in [1.82, 2.24) is 19.6 Å². The molecule has 0 radical (unpaired) electrons. The molecule has 2 aromatic carbocycles. The first kappa shape index (κ1) is 18.6. The van der Waals surface area contributed by atoms with Crippen molar-refractivity contribution in [2.45, 2.75) is 32.0 Å². The van der Waals surface area contributed by atoms with Gasteiger partial charge in [-0.1, -0.05) is 24.3 Å². The van der Waals surface area contributed by atoms with Crippen LogP contribution in [0, 0.1) is 5.92 Å². The minimum Gasteiger partial charge on any atom is -0.491 e. The van der Waals surface area contributed by atoms with Gasteiger partial charge in [0.2, 0.25) is 0 Å². The van der Waals surface area contributed by atoms with E-state index in [1.165, 1.54) is 25.9 Å². The Kier molecular flexibility index (Phi) is 4.53. The fourth-order valence-electron chi connectivity index (χ4n) is 5.31. The summed E-state index contributed by atoms with van der Waals surface area (Å²) in [5.74, 6) is 1.64. The van der Waals surface area contributed by atoms with Crippen molar-refractivity contribution in [2.75, 3.05) is 19.7 Å². The summed E-state index contributed by atoms with van der Waals surface area (Å²) in [5.41, 5.74) is 3.92. The van der Waals surface area contributed by atoms with Crippen molar-refractivity contribution in [1.29, 1.82) is 0 Å². The summed E-state index contributed by atoms with van der Waals surface area (Å²) in [4.78, 5) is 17.7. The third-order valence-electron chi connectivity index (χ3n) is 6.92. The maximum absolute atomic E-state index is 13.2. The van der Waals surface area contributed by atoms with E-state index in [1.54, 1.807) is 6.20 Å². The Morgan fingerprint density at radius 3 is 2.74 bits per heavy atom. The van der Waals surface area contributed by atoms with Crippen LogP contribution in [0.2, 0.25) is 0 Å². The van der Waals surface area contributed by atoms with E-state index in [0.29, 0.717) is 25.7 Å². The number of fused-ring (bicyclic) bond motifs is 3. The molecular weight excluding hydrogens is 388 g/mol. The molecule has 31 heavy (non-hydrogen) atoms. The van der Waals surface area contributed by atoms with Crippen molar-refractivity contribution < 1.29 is 9.53 Å². The predicted octanol–water partition coefficient (Wildman–Crippen LogP) is 3.50.